The highest BCUT2D eigenvalue weighted by atomic mass is 15.0. The summed E-state index contributed by atoms with van der Waals surface area (Å²) in [6.07, 6.45) is 0.924. The first-order valence-electron chi connectivity index (χ1n) is 14.9. The molecule has 1 aliphatic rings. The minimum Gasteiger partial charge on any atom is -0.309 e. The number of hydrogen-bond acceptors (Lipinski definition) is 3. The monoisotopic (exact) mass is 562 g/mol. The zero-order chi connectivity index (χ0) is 29.0. The van der Waals surface area contributed by atoms with Crippen LogP contribution in [0.15, 0.2) is 146 Å². The largest absolute Gasteiger partial charge is 0.309 e. The number of hydrogen-bond donors (Lipinski definition) is 0. The molecule has 1 aliphatic carbocycles. The van der Waals surface area contributed by atoms with Gasteiger partial charge in [-0.05, 0) is 40.5 Å². The van der Waals surface area contributed by atoms with Crippen molar-refractivity contribution in [2.24, 2.45) is 0 Å². The summed E-state index contributed by atoms with van der Waals surface area (Å²) in [7, 11) is 0. The summed E-state index contributed by atoms with van der Waals surface area (Å²) >= 11 is 0. The lowest BCUT2D eigenvalue weighted by molar-refractivity contribution is 1.07. The van der Waals surface area contributed by atoms with Crippen molar-refractivity contribution in [2.45, 2.75) is 6.42 Å². The number of aromatic nitrogens is 4. The van der Waals surface area contributed by atoms with E-state index < -0.39 is 0 Å². The molecule has 0 saturated carbocycles. The molecule has 4 nitrogen and oxygen atoms in total. The third-order valence-corrected chi connectivity index (χ3v) is 8.68. The van der Waals surface area contributed by atoms with Crippen molar-refractivity contribution < 1.29 is 0 Å². The van der Waals surface area contributed by atoms with E-state index in [1.165, 1.54) is 44.1 Å². The van der Waals surface area contributed by atoms with Crippen LogP contribution in [0.4, 0.5) is 0 Å². The Morgan fingerprint density at radius 2 is 1.07 bits per heavy atom. The summed E-state index contributed by atoms with van der Waals surface area (Å²) < 4.78 is 2.43. The van der Waals surface area contributed by atoms with Gasteiger partial charge in [0, 0.05) is 39.6 Å². The van der Waals surface area contributed by atoms with Gasteiger partial charge in [-0.3, -0.25) is 0 Å². The molecule has 8 aromatic rings. The first-order chi connectivity index (χ1) is 21.8. The maximum Gasteiger partial charge on any atom is 0.164 e. The molecule has 0 fully saturated rings. The van der Waals surface area contributed by atoms with E-state index in [1.807, 2.05) is 60.7 Å². The maximum atomic E-state index is 5.00. The predicted octanol–water partition coefficient (Wildman–Crippen LogP) is 9.54. The normalized spacial score (nSPS) is 12.0. The van der Waals surface area contributed by atoms with Gasteiger partial charge in [-0.25, -0.2) is 15.0 Å². The molecular formula is C40H26N4. The van der Waals surface area contributed by atoms with Gasteiger partial charge >= 0.3 is 0 Å². The molecule has 2 heterocycles. The van der Waals surface area contributed by atoms with Crippen LogP contribution in [0.5, 0.6) is 0 Å². The molecule has 0 saturated heterocycles. The SMILES string of the molecule is c1ccc(-c2nc(-c3ccccc3)nc(-c3cccc(-n4c5ccccc5c5ccc6c(c54)Cc4ccccc4-6)c3)n2)cc1. The second kappa shape index (κ2) is 9.85. The third-order valence-electron chi connectivity index (χ3n) is 8.68. The Balaban J connectivity index is 1.27. The molecule has 9 rings (SSSR count). The summed E-state index contributed by atoms with van der Waals surface area (Å²) in [5.74, 6) is 1.97. The highest BCUT2D eigenvalue weighted by Gasteiger charge is 2.24. The van der Waals surface area contributed by atoms with Crippen LogP contribution in [0.3, 0.4) is 0 Å². The molecule has 0 spiro atoms. The molecular weight excluding hydrogens is 536 g/mol. The minimum absolute atomic E-state index is 0.651. The average Bonchev–Trinajstić information content (AvgIpc) is 3.65. The Kier molecular flexibility index (Phi) is 5.53. The van der Waals surface area contributed by atoms with E-state index in [4.69, 9.17) is 15.0 Å². The zero-order valence-corrected chi connectivity index (χ0v) is 23.9. The van der Waals surface area contributed by atoms with Gasteiger partial charge in [-0.15, -0.1) is 0 Å². The smallest absolute Gasteiger partial charge is 0.164 e. The molecule has 0 radical (unpaired) electrons. The van der Waals surface area contributed by atoms with E-state index in [9.17, 15) is 0 Å². The summed E-state index contributed by atoms with van der Waals surface area (Å²) in [6, 6.07) is 50.9. The molecule has 0 amide bonds. The minimum atomic E-state index is 0.651. The second-order valence-electron chi connectivity index (χ2n) is 11.3. The van der Waals surface area contributed by atoms with E-state index in [1.54, 1.807) is 0 Å². The van der Waals surface area contributed by atoms with Crippen LogP contribution in [0.25, 0.3) is 72.8 Å². The summed E-state index contributed by atoms with van der Waals surface area (Å²) in [5, 5.41) is 2.53. The van der Waals surface area contributed by atoms with Gasteiger partial charge in [-0.2, -0.15) is 0 Å². The average molecular weight is 563 g/mol. The molecule has 206 valence electrons. The van der Waals surface area contributed by atoms with E-state index in [-0.39, 0.29) is 0 Å². The molecule has 44 heavy (non-hydrogen) atoms. The van der Waals surface area contributed by atoms with E-state index >= 15 is 0 Å². The van der Waals surface area contributed by atoms with Gasteiger partial charge < -0.3 is 4.57 Å². The van der Waals surface area contributed by atoms with Gasteiger partial charge in [0.05, 0.1) is 11.0 Å². The van der Waals surface area contributed by atoms with Gasteiger partial charge in [0.2, 0.25) is 0 Å². The van der Waals surface area contributed by atoms with E-state index in [0.717, 1.165) is 28.8 Å². The number of rotatable bonds is 4. The molecule has 4 heteroatoms. The fourth-order valence-electron chi connectivity index (χ4n) is 6.67. The fraction of sp³-hybridized carbons (Fsp3) is 0.0250. The van der Waals surface area contributed by atoms with Crippen LogP contribution in [-0.2, 0) is 6.42 Å². The third kappa shape index (κ3) is 3.89. The van der Waals surface area contributed by atoms with Crippen molar-refractivity contribution in [1.82, 2.24) is 19.5 Å². The van der Waals surface area contributed by atoms with Crippen molar-refractivity contribution in [3.8, 4) is 51.0 Å². The quantitative estimate of drug-likeness (QED) is 0.215. The summed E-state index contributed by atoms with van der Waals surface area (Å²) in [4.78, 5) is 14.9. The summed E-state index contributed by atoms with van der Waals surface area (Å²) in [6.45, 7) is 0. The Hall–Kier alpha value is -5.87. The number of nitrogens with zero attached hydrogens (tertiary/aromatic N) is 4. The molecule has 0 unspecified atom stereocenters. The lowest BCUT2D eigenvalue weighted by Gasteiger charge is -2.13. The number of benzene rings is 6. The first-order valence-corrected chi connectivity index (χ1v) is 14.9. The highest BCUT2D eigenvalue weighted by Crippen LogP contribution is 2.44. The van der Waals surface area contributed by atoms with Gasteiger partial charge in [0.25, 0.3) is 0 Å². The number of para-hydroxylation sites is 1. The van der Waals surface area contributed by atoms with Crippen molar-refractivity contribution >= 4 is 21.8 Å². The topological polar surface area (TPSA) is 43.6 Å². The second-order valence-corrected chi connectivity index (χ2v) is 11.3. The van der Waals surface area contributed by atoms with Crippen LogP contribution in [0.1, 0.15) is 11.1 Å². The van der Waals surface area contributed by atoms with Crippen molar-refractivity contribution in [2.75, 3.05) is 0 Å². The van der Waals surface area contributed by atoms with Crippen molar-refractivity contribution in [3.63, 3.8) is 0 Å². The first kappa shape index (κ1) is 24.7. The Labute approximate surface area is 255 Å². The van der Waals surface area contributed by atoms with Crippen LogP contribution in [-0.4, -0.2) is 19.5 Å². The van der Waals surface area contributed by atoms with Crippen LogP contribution in [0, 0.1) is 0 Å². The lowest BCUT2D eigenvalue weighted by Crippen LogP contribution is -2.01. The van der Waals surface area contributed by atoms with Crippen molar-refractivity contribution in [3.05, 3.63) is 157 Å². The maximum absolute atomic E-state index is 5.00. The fourth-order valence-corrected chi connectivity index (χ4v) is 6.67. The predicted molar refractivity (Wildman–Crippen MR) is 179 cm³/mol. The molecule has 0 bridgehead atoms. The summed E-state index contributed by atoms with van der Waals surface area (Å²) in [5.41, 5.74) is 11.8. The highest BCUT2D eigenvalue weighted by molar-refractivity contribution is 6.12. The Morgan fingerprint density at radius 3 is 1.82 bits per heavy atom. The van der Waals surface area contributed by atoms with Crippen molar-refractivity contribution in [1.29, 1.82) is 0 Å². The Bertz CT molecular complexity index is 2300. The van der Waals surface area contributed by atoms with Crippen LogP contribution >= 0.6 is 0 Å². The Morgan fingerprint density at radius 1 is 0.455 bits per heavy atom. The number of fused-ring (bicyclic) bond motifs is 7. The van der Waals surface area contributed by atoms with E-state index in [2.05, 4.69) is 89.5 Å². The lowest BCUT2D eigenvalue weighted by atomic mass is 10.0. The van der Waals surface area contributed by atoms with Gasteiger partial charge in [0.1, 0.15) is 0 Å². The van der Waals surface area contributed by atoms with Crippen LogP contribution < -0.4 is 0 Å². The van der Waals surface area contributed by atoms with Crippen LogP contribution in [0.2, 0.25) is 0 Å². The standard InChI is InChI=1S/C40H26N4/c1-3-12-26(13-4-1)38-41-39(27-14-5-2-6-15-27)43-40(42-38)29-17-11-18-30(24-29)44-36-21-10-9-20-33(36)34-23-22-32-31-19-8-7-16-28(31)25-35(32)37(34)44/h1-24H,25H2. The molecule has 6 aromatic carbocycles. The molecule has 0 aliphatic heterocycles. The van der Waals surface area contributed by atoms with E-state index in [0.29, 0.717) is 17.5 Å². The van der Waals surface area contributed by atoms with Gasteiger partial charge in [0.15, 0.2) is 17.5 Å². The zero-order valence-electron chi connectivity index (χ0n) is 23.9. The molecule has 2 aromatic heterocycles. The molecule has 0 atom stereocenters. The van der Waals surface area contributed by atoms with Gasteiger partial charge in [-0.1, -0.05) is 127 Å². The molecule has 0 N–H and O–H groups in total.